The highest BCUT2D eigenvalue weighted by Crippen LogP contribution is 2.39. The lowest BCUT2D eigenvalue weighted by molar-refractivity contribution is 0.411. The summed E-state index contributed by atoms with van der Waals surface area (Å²) in [6.45, 7) is 4.09. The summed E-state index contributed by atoms with van der Waals surface area (Å²) in [4.78, 5) is 8.20. The van der Waals surface area contributed by atoms with Gasteiger partial charge in [0.25, 0.3) is 0 Å². The number of nitrogens with one attached hydrogen (secondary N) is 3. The van der Waals surface area contributed by atoms with Crippen LogP contribution in [-0.2, 0) is 13.0 Å². The number of H-pyrrole nitrogens is 2. The van der Waals surface area contributed by atoms with Crippen molar-refractivity contribution >= 4 is 16.5 Å². The Balaban J connectivity index is 1.19. The fraction of sp³-hybridized carbons (Fsp3) is 0.314. The normalized spacial score (nSPS) is 17.0. The molecular weight excluding hydrogens is 525 g/mol. The van der Waals surface area contributed by atoms with Gasteiger partial charge in [0.15, 0.2) is 0 Å². The number of pyridine rings is 1. The lowest BCUT2D eigenvalue weighted by Crippen LogP contribution is -2.20. The molecule has 1 fully saturated rings. The first-order valence-corrected chi connectivity index (χ1v) is 15.0. The van der Waals surface area contributed by atoms with E-state index in [9.17, 15) is 4.39 Å². The molecule has 1 saturated carbocycles. The van der Waals surface area contributed by atoms with Gasteiger partial charge in [-0.1, -0.05) is 31.9 Å². The van der Waals surface area contributed by atoms with Crippen LogP contribution >= 0.6 is 0 Å². The number of hydrogen-bond acceptors (Lipinski definition) is 4. The maximum atomic E-state index is 14.4. The van der Waals surface area contributed by atoms with Crippen molar-refractivity contribution in [3.05, 3.63) is 95.2 Å². The lowest BCUT2D eigenvalue weighted by atomic mass is 9.86. The van der Waals surface area contributed by atoms with E-state index in [1.807, 2.05) is 18.5 Å². The van der Waals surface area contributed by atoms with Crippen LogP contribution < -0.4 is 10.1 Å². The molecule has 2 aliphatic rings. The molecule has 1 atom stereocenters. The van der Waals surface area contributed by atoms with Crippen LogP contribution in [0.1, 0.15) is 55.0 Å². The van der Waals surface area contributed by atoms with E-state index in [0.29, 0.717) is 11.7 Å². The van der Waals surface area contributed by atoms with Crippen molar-refractivity contribution in [1.29, 1.82) is 0 Å². The first-order chi connectivity index (χ1) is 20.5. The van der Waals surface area contributed by atoms with Gasteiger partial charge in [-0.15, -0.1) is 0 Å². The summed E-state index contributed by atoms with van der Waals surface area (Å²) in [5, 5.41) is 12.6. The van der Waals surface area contributed by atoms with E-state index in [1.54, 1.807) is 13.2 Å². The predicted octanol–water partition coefficient (Wildman–Crippen LogP) is 7.67. The van der Waals surface area contributed by atoms with Crippen LogP contribution in [0.3, 0.4) is 0 Å². The van der Waals surface area contributed by atoms with Gasteiger partial charge < -0.3 is 15.0 Å². The Bertz CT molecular complexity index is 1780. The number of hydrogen-bond donors (Lipinski definition) is 3. The van der Waals surface area contributed by atoms with E-state index < -0.39 is 0 Å². The van der Waals surface area contributed by atoms with Crippen LogP contribution in [0.15, 0.2) is 67.0 Å². The summed E-state index contributed by atoms with van der Waals surface area (Å²) in [6, 6.07) is 15.7. The van der Waals surface area contributed by atoms with E-state index in [0.717, 1.165) is 81.2 Å². The van der Waals surface area contributed by atoms with Crippen molar-refractivity contribution in [1.82, 2.24) is 25.5 Å². The van der Waals surface area contributed by atoms with Crippen LogP contribution in [0.2, 0.25) is 0 Å². The molecule has 0 amide bonds. The largest absolute Gasteiger partial charge is 0.497 e. The Morgan fingerprint density at radius 1 is 1.00 bits per heavy atom. The number of aromatic nitrogens is 4. The molecule has 214 valence electrons. The van der Waals surface area contributed by atoms with E-state index in [-0.39, 0.29) is 5.82 Å². The number of benzene rings is 2. The Hall–Kier alpha value is -4.23. The second kappa shape index (κ2) is 11.2. The molecule has 0 spiro atoms. The molecule has 2 aliphatic carbocycles. The van der Waals surface area contributed by atoms with Crippen molar-refractivity contribution < 1.29 is 9.13 Å². The maximum absolute atomic E-state index is 14.4. The smallest absolute Gasteiger partial charge is 0.127 e. The Labute approximate surface area is 245 Å². The SMILES string of the molecule is COc1cc(F)cc(C2=CC(C)Cc3[nH]c(-c4n[nH]c5ccc(-c6cncc(CNCC7CCCC7)c6)cc45)cc32)c1. The standard InChI is InChI=1S/C35H36FN5O/c1-21-9-29(25-12-27(36)15-28(13-25)42-2)30-16-34(39-33(30)10-21)35-31-14-24(7-8-32(31)40-41-35)26-11-23(19-38-20-26)18-37-17-22-5-3-4-6-22/h7-9,11-16,19-22,37,39H,3-6,10,17-18H2,1-2H3,(H,40,41). The number of fused-ring (bicyclic) bond motifs is 2. The zero-order chi connectivity index (χ0) is 28.6. The molecule has 3 aromatic heterocycles. The predicted molar refractivity (Wildman–Crippen MR) is 166 cm³/mol. The van der Waals surface area contributed by atoms with E-state index in [4.69, 9.17) is 9.84 Å². The molecule has 42 heavy (non-hydrogen) atoms. The minimum atomic E-state index is -0.310. The molecule has 0 saturated heterocycles. The summed E-state index contributed by atoms with van der Waals surface area (Å²) in [7, 11) is 1.56. The van der Waals surface area contributed by atoms with Gasteiger partial charge in [-0.05, 0) is 96.3 Å². The van der Waals surface area contributed by atoms with E-state index in [2.05, 4.69) is 63.7 Å². The fourth-order valence-corrected chi connectivity index (χ4v) is 6.65. The van der Waals surface area contributed by atoms with Gasteiger partial charge in [0.1, 0.15) is 17.3 Å². The molecule has 6 nitrogen and oxygen atoms in total. The molecule has 7 heteroatoms. The van der Waals surface area contributed by atoms with Crippen molar-refractivity contribution in [2.45, 2.75) is 45.6 Å². The number of halogens is 1. The molecule has 5 aromatic rings. The van der Waals surface area contributed by atoms with E-state index in [1.165, 1.54) is 37.3 Å². The molecular formula is C35H36FN5O. The van der Waals surface area contributed by atoms with Gasteiger partial charge in [0, 0.05) is 47.2 Å². The van der Waals surface area contributed by atoms with Crippen molar-refractivity contribution in [2.75, 3.05) is 13.7 Å². The second-order valence-electron chi connectivity index (χ2n) is 11.9. The maximum Gasteiger partial charge on any atom is 0.127 e. The van der Waals surface area contributed by atoms with Gasteiger partial charge in [0.2, 0.25) is 0 Å². The van der Waals surface area contributed by atoms with Crippen molar-refractivity contribution in [2.24, 2.45) is 11.8 Å². The van der Waals surface area contributed by atoms with Crippen LogP contribution in [0.25, 0.3) is 39.0 Å². The number of methoxy groups -OCH3 is 1. The Morgan fingerprint density at radius 3 is 2.74 bits per heavy atom. The molecule has 3 N–H and O–H groups in total. The summed E-state index contributed by atoms with van der Waals surface area (Å²) >= 11 is 0. The highest BCUT2D eigenvalue weighted by atomic mass is 19.1. The van der Waals surface area contributed by atoms with Crippen LogP contribution in [0.4, 0.5) is 4.39 Å². The van der Waals surface area contributed by atoms with Gasteiger partial charge in [0.05, 0.1) is 18.3 Å². The average Bonchev–Trinajstić information content (AvgIpc) is 3.76. The number of ether oxygens (including phenoxy) is 1. The summed E-state index contributed by atoms with van der Waals surface area (Å²) in [5.74, 6) is 1.32. The third-order valence-electron chi connectivity index (χ3n) is 8.77. The minimum absolute atomic E-state index is 0.309. The topological polar surface area (TPSA) is 78.6 Å². The molecule has 1 unspecified atom stereocenters. The minimum Gasteiger partial charge on any atom is -0.497 e. The van der Waals surface area contributed by atoms with Crippen LogP contribution in [0, 0.1) is 17.7 Å². The number of rotatable bonds is 8. The molecule has 7 rings (SSSR count). The van der Waals surface area contributed by atoms with Crippen LogP contribution in [0.5, 0.6) is 5.75 Å². The first-order valence-electron chi connectivity index (χ1n) is 15.0. The lowest BCUT2D eigenvalue weighted by Gasteiger charge is -2.19. The molecule has 2 aromatic carbocycles. The van der Waals surface area contributed by atoms with Gasteiger partial charge in [-0.25, -0.2) is 4.39 Å². The highest BCUT2D eigenvalue weighted by molar-refractivity contribution is 5.96. The van der Waals surface area contributed by atoms with Gasteiger partial charge >= 0.3 is 0 Å². The highest BCUT2D eigenvalue weighted by Gasteiger charge is 2.24. The Kier molecular flexibility index (Phi) is 7.12. The number of allylic oxidation sites excluding steroid dienone is 1. The van der Waals surface area contributed by atoms with Crippen molar-refractivity contribution in [3.63, 3.8) is 0 Å². The van der Waals surface area contributed by atoms with Gasteiger partial charge in [-0.3, -0.25) is 10.1 Å². The Morgan fingerprint density at radius 2 is 1.88 bits per heavy atom. The van der Waals surface area contributed by atoms with Crippen molar-refractivity contribution in [3.8, 4) is 28.3 Å². The van der Waals surface area contributed by atoms with E-state index >= 15 is 0 Å². The monoisotopic (exact) mass is 561 g/mol. The first kappa shape index (κ1) is 26.7. The third kappa shape index (κ3) is 5.25. The third-order valence-corrected chi connectivity index (χ3v) is 8.77. The summed E-state index contributed by atoms with van der Waals surface area (Å²) in [6.07, 6.45) is 12.4. The quantitative estimate of drug-likeness (QED) is 0.182. The second-order valence-corrected chi connectivity index (χ2v) is 11.9. The van der Waals surface area contributed by atoms with Gasteiger partial charge in [-0.2, -0.15) is 5.10 Å². The average molecular weight is 562 g/mol. The molecule has 0 bridgehead atoms. The molecule has 0 radical (unpaired) electrons. The zero-order valence-corrected chi connectivity index (χ0v) is 24.1. The summed E-state index contributed by atoms with van der Waals surface area (Å²) in [5.41, 5.74) is 10.2. The fourth-order valence-electron chi connectivity index (χ4n) is 6.65. The molecule has 0 aliphatic heterocycles. The zero-order valence-electron chi connectivity index (χ0n) is 24.1. The van der Waals surface area contributed by atoms with Crippen LogP contribution in [-0.4, -0.2) is 33.8 Å². The molecule has 3 heterocycles. The number of aromatic amines is 2. The number of nitrogens with zero attached hydrogens (tertiary/aromatic N) is 2. The summed E-state index contributed by atoms with van der Waals surface area (Å²) < 4.78 is 19.8.